The van der Waals surface area contributed by atoms with Crippen LogP contribution in [-0.4, -0.2) is 35.8 Å². The van der Waals surface area contributed by atoms with E-state index in [9.17, 15) is 24.5 Å². The quantitative estimate of drug-likeness (QED) is 0.172. The summed E-state index contributed by atoms with van der Waals surface area (Å²) in [6, 6.07) is 9.33. The number of carbonyl (C=O) groups excluding carboxylic acids is 3. The van der Waals surface area contributed by atoms with Crippen LogP contribution in [0.15, 0.2) is 52.6 Å². The van der Waals surface area contributed by atoms with Gasteiger partial charge in [0.05, 0.1) is 13.2 Å². The first-order valence-corrected chi connectivity index (χ1v) is 10.2. The second kappa shape index (κ2) is 11.2. The van der Waals surface area contributed by atoms with Crippen molar-refractivity contribution < 1.29 is 29.0 Å². The van der Waals surface area contributed by atoms with Crippen LogP contribution in [0, 0.1) is 10.1 Å². The van der Waals surface area contributed by atoms with Crippen LogP contribution in [0.2, 0.25) is 0 Å². The first kappa shape index (κ1) is 24.0. The van der Waals surface area contributed by atoms with E-state index in [1.807, 2.05) is 30.3 Å². The van der Waals surface area contributed by atoms with Crippen molar-refractivity contribution in [2.45, 2.75) is 52.4 Å². The molecule has 166 valence electrons. The Morgan fingerprint density at radius 3 is 2.23 bits per heavy atom. The molecule has 1 atom stereocenters. The zero-order valence-electron chi connectivity index (χ0n) is 18.0. The number of ketones is 2. The number of rotatable bonds is 11. The highest BCUT2D eigenvalue weighted by Crippen LogP contribution is 2.37. The van der Waals surface area contributed by atoms with E-state index >= 15 is 0 Å². The summed E-state index contributed by atoms with van der Waals surface area (Å²) in [7, 11) is 0. The van der Waals surface area contributed by atoms with Crippen LogP contribution in [0.4, 0.5) is 0 Å². The van der Waals surface area contributed by atoms with Gasteiger partial charge in [-0.1, -0.05) is 30.3 Å². The van der Waals surface area contributed by atoms with E-state index in [2.05, 4.69) is 4.84 Å². The zero-order valence-corrected chi connectivity index (χ0v) is 18.0. The normalized spacial score (nSPS) is 15.2. The summed E-state index contributed by atoms with van der Waals surface area (Å²) in [4.78, 5) is 52.1. The van der Waals surface area contributed by atoms with E-state index in [4.69, 9.17) is 4.74 Å². The number of nitrogens with zero attached hydrogens (tertiary/aromatic N) is 1. The summed E-state index contributed by atoms with van der Waals surface area (Å²) in [5, 5.41) is 9.23. The van der Waals surface area contributed by atoms with E-state index in [0.717, 1.165) is 5.56 Å². The highest BCUT2D eigenvalue weighted by Gasteiger charge is 2.33. The van der Waals surface area contributed by atoms with E-state index in [1.54, 1.807) is 20.8 Å². The maximum Gasteiger partial charge on any atom is 0.305 e. The van der Waals surface area contributed by atoms with Gasteiger partial charge in [0.1, 0.15) is 0 Å². The molecule has 1 aromatic rings. The molecule has 0 saturated carbocycles. The Kier molecular flexibility index (Phi) is 8.66. The Balaban J connectivity index is 2.06. The summed E-state index contributed by atoms with van der Waals surface area (Å²) < 4.78 is 5.19. The molecule has 0 N–H and O–H groups in total. The van der Waals surface area contributed by atoms with Gasteiger partial charge in [-0.2, -0.15) is 0 Å². The summed E-state index contributed by atoms with van der Waals surface area (Å²) in [5.74, 6) is -1.13. The van der Waals surface area contributed by atoms with Crippen LogP contribution in [0.3, 0.4) is 0 Å². The van der Waals surface area contributed by atoms with Crippen LogP contribution in [-0.2, 0) is 24.0 Å². The van der Waals surface area contributed by atoms with Gasteiger partial charge in [0.2, 0.25) is 0 Å². The Bertz CT molecular complexity index is 915. The number of allylic oxidation sites excluding steroid dienone is 4. The Morgan fingerprint density at radius 1 is 0.968 bits per heavy atom. The van der Waals surface area contributed by atoms with Crippen molar-refractivity contribution in [1.29, 1.82) is 0 Å². The van der Waals surface area contributed by atoms with Crippen LogP contribution in [0.5, 0.6) is 0 Å². The molecule has 1 aliphatic rings. The van der Waals surface area contributed by atoms with Gasteiger partial charge in [-0.05, 0) is 45.6 Å². The van der Waals surface area contributed by atoms with Crippen molar-refractivity contribution in [3.63, 3.8) is 0 Å². The largest absolute Gasteiger partial charge is 0.466 e. The lowest BCUT2D eigenvalue weighted by Crippen LogP contribution is -2.25. The predicted molar refractivity (Wildman–Crippen MR) is 113 cm³/mol. The third kappa shape index (κ3) is 6.34. The summed E-state index contributed by atoms with van der Waals surface area (Å²) in [6.45, 7) is 5.06. The fourth-order valence-electron chi connectivity index (χ4n) is 3.56. The smallest absolute Gasteiger partial charge is 0.305 e. The van der Waals surface area contributed by atoms with Gasteiger partial charge >= 0.3 is 5.97 Å². The minimum atomic E-state index is -0.859. The van der Waals surface area contributed by atoms with Gasteiger partial charge in [0.15, 0.2) is 11.6 Å². The van der Waals surface area contributed by atoms with Crippen molar-refractivity contribution >= 4 is 17.5 Å². The minimum absolute atomic E-state index is 0.0451. The number of unbranched alkanes of at least 4 members (excludes halogenated alkanes) is 1. The number of benzene rings is 1. The van der Waals surface area contributed by atoms with Crippen LogP contribution >= 0.6 is 0 Å². The Labute approximate surface area is 181 Å². The lowest BCUT2D eigenvalue weighted by atomic mass is 9.76. The molecule has 8 heteroatoms. The summed E-state index contributed by atoms with van der Waals surface area (Å²) in [5.41, 5.74) is 2.60. The molecule has 0 spiro atoms. The van der Waals surface area contributed by atoms with Gasteiger partial charge < -0.3 is 9.57 Å². The lowest BCUT2D eigenvalue weighted by molar-refractivity contribution is -0.757. The van der Waals surface area contributed by atoms with Crippen LogP contribution < -0.4 is 0 Å². The SMILES string of the molecule is CC1=C(C)C(=O)C(C(CCC(=O)OCCCCO[N+](=O)[O-])c2ccccc2)=C(C)C1=O. The molecule has 0 aromatic heterocycles. The fourth-order valence-corrected chi connectivity index (χ4v) is 3.56. The molecule has 0 fully saturated rings. The molecular formula is C23H27NO7. The van der Waals surface area contributed by atoms with Gasteiger partial charge in [-0.3, -0.25) is 14.4 Å². The first-order valence-electron chi connectivity index (χ1n) is 10.2. The first-order chi connectivity index (χ1) is 14.7. The van der Waals surface area contributed by atoms with E-state index in [-0.39, 0.29) is 31.2 Å². The van der Waals surface area contributed by atoms with Gasteiger partial charge in [-0.15, -0.1) is 10.1 Å². The third-order valence-corrected chi connectivity index (χ3v) is 5.42. The Morgan fingerprint density at radius 2 is 1.58 bits per heavy atom. The molecule has 31 heavy (non-hydrogen) atoms. The fraction of sp³-hybridized carbons (Fsp3) is 0.435. The van der Waals surface area contributed by atoms with Crippen molar-refractivity contribution in [2.24, 2.45) is 0 Å². The van der Waals surface area contributed by atoms with Crippen LogP contribution in [0.25, 0.3) is 0 Å². The average Bonchev–Trinajstić information content (AvgIpc) is 2.76. The molecule has 1 aliphatic carbocycles. The lowest BCUT2D eigenvalue weighted by Gasteiger charge is -2.26. The number of hydrogen-bond donors (Lipinski definition) is 0. The number of hydrogen-bond acceptors (Lipinski definition) is 7. The Hall–Kier alpha value is -3.29. The minimum Gasteiger partial charge on any atom is -0.466 e. The second-order valence-corrected chi connectivity index (χ2v) is 7.43. The monoisotopic (exact) mass is 429 g/mol. The van der Waals surface area contributed by atoms with E-state index in [1.165, 1.54) is 0 Å². The third-order valence-electron chi connectivity index (χ3n) is 5.42. The number of Topliss-reactive ketones (excluding diaryl/α,β-unsaturated/α-hetero) is 2. The molecule has 0 heterocycles. The zero-order chi connectivity index (χ0) is 23.0. The van der Waals surface area contributed by atoms with Gasteiger partial charge in [-0.25, -0.2) is 0 Å². The highest BCUT2D eigenvalue weighted by atomic mass is 16.9. The maximum absolute atomic E-state index is 13.0. The molecule has 0 bridgehead atoms. The van der Waals surface area contributed by atoms with Crippen molar-refractivity contribution in [3.8, 4) is 0 Å². The predicted octanol–water partition coefficient (Wildman–Crippen LogP) is 3.89. The molecular weight excluding hydrogens is 402 g/mol. The topological polar surface area (TPSA) is 113 Å². The van der Waals surface area contributed by atoms with Gasteiger partial charge in [0.25, 0.3) is 5.09 Å². The molecule has 0 radical (unpaired) electrons. The standard InChI is InChI=1S/C23H27NO7/c1-15-16(2)23(27)21(17(3)22(15)26)19(18-9-5-4-6-10-18)11-12-20(25)30-13-7-8-14-31-24(28)29/h4-6,9-10,19H,7-8,11-14H2,1-3H3. The van der Waals surface area contributed by atoms with Crippen molar-refractivity contribution in [1.82, 2.24) is 0 Å². The maximum atomic E-state index is 13.0. The molecule has 0 saturated heterocycles. The van der Waals surface area contributed by atoms with E-state index < -0.39 is 17.0 Å². The summed E-state index contributed by atoms with van der Waals surface area (Å²) in [6.07, 6.45) is 1.24. The summed E-state index contributed by atoms with van der Waals surface area (Å²) >= 11 is 0. The molecule has 1 aromatic carbocycles. The average molecular weight is 429 g/mol. The van der Waals surface area contributed by atoms with Crippen LogP contribution in [0.1, 0.15) is 57.9 Å². The van der Waals surface area contributed by atoms with Gasteiger partial charge in [0, 0.05) is 34.6 Å². The number of carbonyl (C=O) groups is 3. The van der Waals surface area contributed by atoms with E-state index in [0.29, 0.717) is 41.6 Å². The van der Waals surface area contributed by atoms with Crippen molar-refractivity contribution in [3.05, 3.63) is 68.3 Å². The second-order valence-electron chi connectivity index (χ2n) is 7.43. The molecule has 8 nitrogen and oxygen atoms in total. The molecule has 0 amide bonds. The van der Waals surface area contributed by atoms with Crippen molar-refractivity contribution in [2.75, 3.05) is 13.2 Å². The number of esters is 1. The molecule has 0 aliphatic heterocycles. The highest BCUT2D eigenvalue weighted by molar-refractivity contribution is 6.25. The number of ether oxygens (including phenoxy) is 1. The molecule has 1 unspecified atom stereocenters. The molecule has 2 rings (SSSR count).